The van der Waals surface area contributed by atoms with Gasteiger partial charge in [-0.05, 0) is 56.7 Å². The Morgan fingerprint density at radius 2 is 1.78 bits per heavy atom. The Morgan fingerprint density at radius 1 is 1.05 bits per heavy atom. The first-order valence-electron chi connectivity index (χ1n) is 11.9. The predicted octanol–water partition coefficient (Wildman–Crippen LogP) is 4.26. The molecule has 0 aliphatic carbocycles. The molecule has 4 rings (SSSR count). The quantitative estimate of drug-likeness (QED) is 0.388. The minimum Gasteiger partial charge on any atom is -0.497 e. The van der Waals surface area contributed by atoms with Crippen molar-refractivity contribution < 1.29 is 18.7 Å². The number of fused-ring (bicyclic) bond motifs is 1. The van der Waals surface area contributed by atoms with E-state index in [0.717, 1.165) is 5.56 Å². The number of carbonyl (C=O) groups is 2. The highest BCUT2D eigenvalue weighted by Gasteiger charge is 2.35. The van der Waals surface area contributed by atoms with Crippen LogP contribution in [0.2, 0.25) is 0 Å². The SMILES string of the molecule is COc1cccc(CN(C(=O)Cn2nnc3ccccc32)C(C(=O)NC(C)(C)C)c2ccccc2F)c1. The average molecular weight is 504 g/mol. The number of carbonyl (C=O) groups excluding carboxylic acids is 2. The van der Waals surface area contributed by atoms with Gasteiger partial charge >= 0.3 is 0 Å². The summed E-state index contributed by atoms with van der Waals surface area (Å²) >= 11 is 0. The van der Waals surface area contributed by atoms with Crippen molar-refractivity contribution in [2.75, 3.05) is 7.11 Å². The van der Waals surface area contributed by atoms with Gasteiger partial charge in [0, 0.05) is 17.6 Å². The lowest BCUT2D eigenvalue weighted by atomic mass is 10.00. The summed E-state index contributed by atoms with van der Waals surface area (Å²) < 4.78 is 22.0. The first-order valence-corrected chi connectivity index (χ1v) is 11.9. The lowest BCUT2D eigenvalue weighted by molar-refractivity contribution is -0.143. The number of nitrogens with one attached hydrogen (secondary N) is 1. The molecule has 192 valence electrons. The molecular formula is C28H30FN5O3. The van der Waals surface area contributed by atoms with Crippen LogP contribution in [0.4, 0.5) is 4.39 Å². The molecule has 0 aliphatic rings. The number of halogens is 1. The maximum atomic E-state index is 15.1. The summed E-state index contributed by atoms with van der Waals surface area (Å²) in [5.74, 6) is -0.881. The minimum atomic E-state index is -1.23. The van der Waals surface area contributed by atoms with Gasteiger partial charge in [-0.2, -0.15) is 0 Å². The molecule has 37 heavy (non-hydrogen) atoms. The number of methoxy groups -OCH3 is 1. The molecule has 1 heterocycles. The van der Waals surface area contributed by atoms with Crippen molar-refractivity contribution >= 4 is 22.8 Å². The van der Waals surface area contributed by atoms with E-state index in [1.165, 1.54) is 21.7 Å². The second kappa shape index (κ2) is 10.8. The Hall–Kier alpha value is -4.27. The van der Waals surface area contributed by atoms with Crippen LogP contribution in [0.5, 0.6) is 5.75 Å². The normalized spacial score (nSPS) is 12.2. The molecule has 4 aromatic rings. The third kappa shape index (κ3) is 6.11. The molecule has 0 saturated heterocycles. The minimum absolute atomic E-state index is 0.0409. The monoisotopic (exact) mass is 503 g/mol. The predicted molar refractivity (Wildman–Crippen MR) is 138 cm³/mol. The van der Waals surface area contributed by atoms with Crippen LogP contribution >= 0.6 is 0 Å². The van der Waals surface area contributed by atoms with Crippen molar-refractivity contribution in [1.29, 1.82) is 0 Å². The molecule has 0 aliphatic heterocycles. The lowest BCUT2D eigenvalue weighted by Crippen LogP contribution is -2.49. The van der Waals surface area contributed by atoms with E-state index in [-0.39, 0.29) is 18.7 Å². The number of hydrogen-bond acceptors (Lipinski definition) is 5. The molecule has 3 aromatic carbocycles. The molecular weight excluding hydrogens is 473 g/mol. The van der Waals surface area contributed by atoms with Gasteiger partial charge < -0.3 is 15.0 Å². The number of para-hydroxylation sites is 1. The van der Waals surface area contributed by atoms with E-state index in [4.69, 9.17) is 4.74 Å². The highest BCUT2D eigenvalue weighted by atomic mass is 19.1. The maximum Gasteiger partial charge on any atom is 0.247 e. The summed E-state index contributed by atoms with van der Waals surface area (Å²) in [6, 6.07) is 19.3. The molecule has 0 saturated carbocycles. The lowest BCUT2D eigenvalue weighted by Gasteiger charge is -2.34. The topological polar surface area (TPSA) is 89.3 Å². The van der Waals surface area contributed by atoms with Crippen molar-refractivity contribution in [2.24, 2.45) is 0 Å². The van der Waals surface area contributed by atoms with Crippen LogP contribution in [0.25, 0.3) is 11.0 Å². The van der Waals surface area contributed by atoms with Crippen LogP contribution in [0, 0.1) is 5.82 Å². The summed E-state index contributed by atoms with van der Waals surface area (Å²) in [5, 5.41) is 11.2. The molecule has 1 aromatic heterocycles. The van der Waals surface area contributed by atoms with Gasteiger partial charge in [-0.15, -0.1) is 5.10 Å². The van der Waals surface area contributed by atoms with Crippen LogP contribution < -0.4 is 10.1 Å². The fourth-order valence-corrected chi connectivity index (χ4v) is 4.13. The summed E-state index contributed by atoms with van der Waals surface area (Å²) in [4.78, 5) is 28.9. The third-order valence-electron chi connectivity index (χ3n) is 5.77. The molecule has 1 unspecified atom stereocenters. The van der Waals surface area contributed by atoms with E-state index >= 15 is 4.39 Å². The Morgan fingerprint density at radius 3 is 2.51 bits per heavy atom. The van der Waals surface area contributed by atoms with Gasteiger partial charge in [-0.25, -0.2) is 9.07 Å². The highest BCUT2D eigenvalue weighted by Crippen LogP contribution is 2.28. The summed E-state index contributed by atoms with van der Waals surface area (Å²) in [7, 11) is 1.55. The number of hydrogen-bond donors (Lipinski definition) is 1. The van der Waals surface area contributed by atoms with Gasteiger partial charge in [0.05, 0.1) is 12.6 Å². The zero-order valence-electron chi connectivity index (χ0n) is 21.3. The number of nitrogens with zero attached hydrogens (tertiary/aromatic N) is 4. The molecule has 0 bridgehead atoms. The Bertz CT molecular complexity index is 1410. The molecule has 0 radical (unpaired) electrons. The molecule has 9 heteroatoms. The zero-order chi connectivity index (χ0) is 26.6. The average Bonchev–Trinajstić information content (AvgIpc) is 3.26. The van der Waals surface area contributed by atoms with Crippen molar-refractivity contribution in [3.8, 4) is 5.75 Å². The first-order chi connectivity index (χ1) is 17.7. The maximum absolute atomic E-state index is 15.1. The van der Waals surface area contributed by atoms with Gasteiger partial charge in [-0.3, -0.25) is 9.59 Å². The number of amides is 2. The number of rotatable bonds is 8. The molecule has 1 N–H and O–H groups in total. The number of benzene rings is 3. The van der Waals surface area contributed by atoms with Crippen LogP contribution in [0.15, 0.2) is 72.8 Å². The Labute approximate surface area is 215 Å². The second-order valence-corrected chi connectivity index (χ2v) is 9.77. The van der Waals surface area contributed by atoms with Gasteiger partial charge in [0.15, 0.2) is 0 Å². The molecule has 1 atom stereocenters. The van der Waals surface area contributed by atoms with Crippen LogP contribution in [-0.4, -0.2) is 44.4 Å². The van der Waals surface area contributed by atoms with E-state index < -0.39 is 29.2 Å². The van der Waals surface area contributed by atoms with E-state index in [9.17, 15) is 9.59 Å². The third-order valence-corrected chi connectivity index (χ3v) is 5.77. The molecule has 8 nitrogen and oxygen atoms in total. The van der Waals surface area contributed by atoms with Crippen molar-refractivity contribution in [1.82, 2.24) is 25.2 Å². The molecule has 0 spiro atoms. The summed E-state index contributed by atoms with van der Waals surface area (Å²) in [6.07, 6.45) is 0. The zero-order valence-corrected chi connectivity index (χ0v) is 21.3. The molecule has 2 amide bonds. The van der Waals surface area contributed by atoms with Gasteiger partial charge in [-0.1, -0.05) is 47.7 Å². The van der Waals surface area contributed by atoms with E-state index in [1.54, 1.807) is 43.5 Å². The van der Waals surface area contributed by atoms with E-state index in [2.05, 4.69) is 15.6 Å². The Balaban J connectivity index is 1.79. The van der Waals surface area contributed by atoms with E-state index in [1.807, 2.05) is 45.0 Å². The first kappa shape index (κ1) is 25.8. The van der Waals surface area contributed by atoms with E-state index in [0.29, 0.717) is 16.8 Å². The van der Waals surface area contributed by atoms with Crippen LogP contribution in [-0.2, 0) is 22.7 Å². The highest BCUT2D eigenvalue weighted by molar-refractivity contribution is 5.89. The van der Waals surface area contributed by atoms with Gasteiger partial charge in [0.1, 0.15) is 29.7 Å². The number of aromatic nitrogens is 3. The second-order valence-electron chi connectivity index (χ2n) is 9.77. The van der Waals surface area contributed by atoms with Crippen LogP contribution in [0.3, 0.4) is 0 Å². The Kier molecular flexibility index (Phi) is 7.52. The summed E-state index contributed by atoms with van der Waals surface area (Å²) in [5.41, 5.74) is 1.54. The van der Waals surface area contributed by atoms with Gasteiger partial charge in [0.25, 0.3) is 0 Å². The smallest absolute Gasteiger partial charge is 0.247 e. The fraction of sp³-hybridized carbons (Fsp3) is 0.286. The van der Waals surface area contributed by atoms with Crippen molar-refractivity contribution in [3.05, 3.63) is 89.7 Å². The standard InChI is InChI=1S/C28H30FN5O3/c1-28(2,3)30-27(36)26(21-12-5-6-13-22(21)29)33(17-19-10-9-11-20(16-19)37-4)25(35)18-34-24-15-8-7-14-23(24)31-32-34/h5-16,26H,17-18H2,1-4H3,(H,30,36). The van der Waals surface area contributed by atoms with Gasteiger partial charge in [0.2, 0.25) is 11.8 Å². The summed E-state index contributed by atoms with van der Waals surface area (Å²) in [6.45, 7) is 5.36. The number of ether oxygens (including phenoxy) is 1. The van der Waals surface area contributed by atoms with Crippen molar-refractivity contribution in [2.45, 2.75) is 45.4 Å². The molecule has 0 fully saturated rings. The largest absolute Gasteiger partial charge is 0.497 e. The van der Waals surface area contributed by atoms with Crippen LogP contribution in [0.1, 0.15) is 37.9 Å². The fourth-order valence-electron chi connectivity index (χ4n) is 4.13. The van der Waals surface area contributed by atoms with Crippen molar-refractivity contribution in [3.63, 3.8) is 0 Å².